The summed E-state index contributed by atoms with van der Waals surface area (Å²) < 4.78 is 72.7. The Kier molecular flexibility index (Phi) is 22.6. The number of aliphatic hydroxyl groups excluding tert-OH is 23. The largest absolute Gasteiger partial charge is 0.394 e. The predicted molar refractivity (Wildman–Crippen MR) is 232 cm³/mol. The third-order valence-electron chi connectivity index (χ3n) is 14.5. The number of ether oxygens (including phenoxy) is 13. The molecule has 7 heterocycles. The molecular weight excluding hydrogens is 1080 g/mol. The molecule has 0 radical (unpaired) electrons. The summed E-state index contributed by atoms with van der Waals surface area (Å²) in [5.41, 5.74) is 0. The summed E-state index contributed by atoms with van der Waals surface area (Å²) >= 11 is 0. The van der Waals surface area contributed by atoms with Crippen LogP contribution in [0.15, 0.2) is 0 Å². The number of hydrogen-bond donors (Lipinski definition) is 23. The highest BCUT2D eigenvalue weighted by Crippen LogP contribution is 2.37. The lowest BCUT2D eigenvalue weighted by Gasteiger charge is -2.50. The molecule has 7 fully saturated rings. The summed E-state index contributed by atoms with van der Waals surface area (Å²) in [6.45, 7) is -6.87. The molecule has 36 nitrogen and oxygen atoms in total. The van der Waals surface area contributed by atoms with Crippen molar-refractivity contribution in [3.8, 4) is 0 Å². The predicted octanol–water partition coefficient (Wildman–Crippen LogP) is -16.3. The topological polar surface area (TPSA) is 585 Å². The van der Waals surface area contributed by atoms with Gasteiger partial charge in [0.2, 0.25) is 0 Å². The van der Waals surface area contributed by atoms with Crippen molar-refractivity contribution in [3.63, 3.8) is 0 Å². The van der Waals surface area contributed by atoms with Crippen LogP contribution in [0.5, 0.6) is 0 Å². The Balaban J connectivity index is 1.10. The molecule has 0 aliphatic carbocycles. The minimum Gasteiger partial charge on any atom is -0.394 e. The van der Waals surface area contributed by atoms with Crippen molar-refractivity contribution in [1.29, 1.82) is 0 Å². The first kappa shape index (κ1) is 64.1. The SMILES string of the molecule is OCC1OC(OC2C(CO)OC(OCC3OC(OC4C(CO)OC(OC5C(CO)OC(O)C(O)C5O)C(O)C4O)C(O)C(O)C3OC3OC(CO)C(OC4OC(CO)C(O)C(O)C4O)C(O)C3O)C(O)C2O)C(O)C(O)C1O. The van der Waals surface area contributed by atoms with Crippen molar-refractivity contribution in [2.45, 2.75) is 215 Å². The molecule has 7 aliphatic heterocycles. The smallest absolute Gasteiger partial charge is 0.187 e. The fourth-order valence-corrected chi connectivity index (χ4v) is 9.90. The van der Waals surface area contributed by atoms with E-state index in [0.717, 1.165) is 0 Å². The van der Waals surface area contributed by atoms with Gasteiger partial charge in [-0.05, 0) is 0 Å². The highest BCUT2D eigenvalue weighted by molar-refractivity contribution is 5.00. The first-order chi connectivity index (χ1) is 37.0. The van der Waals surface area contributed by atoms with E-state index in [9.17, 15) is 117 Å². The zero-order chi connectivity index (χ0) is 57.3. The van der Waals surface area contributed by atoms with Gasteiger partial charge in [0, 0.05) is 0 Å². The van der Waals surface area contributed by atoms with Crippen LogP contribution in [0.2, 0.25) is 0 Å². The summed E-state index contributed by atoms with van der Waals surface area (Å²) in [5.74, 6) is 0. The third kappa shape index (κ3) is 13.1. The molecule has 7 aliphatic rings. The lowest BCUT2D eigenvalue weighted by Crippen LogP contribution is -2.68. The van der Waals surface area contributed by atoms with E-state index in [-0.39, 0.29) is 0 Å². The normalized spacial score (nSPS) is 53.5. The van der Waals surface area contributed by atoms with E-state index >= 15 is 0 Å². The van der Waals surface area contributed by atoms with Gasteiger partial charge in [-0.15, -0.1) is 0 Å². The van der Waals surface area contributed by atoms with Gasteiger partial charge in [0.15, 0.2) is 44.0 Å². The Morgan fingerprint density at radius 3 is 0.769 bits per heavy atom. The first-order valence-electron chi connectivity index (χ1n) is 24.7. The molecule has 0 aromatic heterocycles. The Hall–Kier alpha value is -1.44. The Labute approximate surface area is 439 Å². The summed E-state index contributed by atoms with van der Waals surface area (Å²) in [6.07, 6.45) is -68.7. The van der Waals surface area contributed by atoms with Gasteiger partial charge in [0.05, 0.1) is 46.2 Å². The van der Waals surface area contributed by atoms with Crippen LogP contribution in [-0.4, -0.2) is 379 Å². The molecule has 0 amide bonds. The van der Waals surface area contributed by atoms with Gasteiger partial charge in [-0.2, -0.15) is 0 Å². The highest BCUT2D eigenvalue weighted by atomic mass is 16.8. The molecule has 0 bridgehead atoms. The molecule has 0 saturated carbocycles. The van der Waals surface area contributed by atoms with Crippen LogP contribution >= 0.6 is 0 Å². The fourth-order valence-electron chi connectivity index (χ4n) is 9.90. The van der Waals surface area contributed by atoms with Gasteiger partial charge >= 0.3 is 0 Å². The zero-order valence-corrected chi connectivity index (χ0v) is 40.8. The van der Waals surface area contributed by atoms with E-state index in [2.05, 4.69) is 0 Å². The average Bonchev–Trinajstić information content (AvgIpc) is 3.47. The van der Waals surface area contributed by atoms with E-state index in [0.29, 0.717) is 0 Å². The lowest BCUT2D eigenvalue weighted by atomic mass is 9.95. The molecule has 35 atom stereocenters. The maximum atomic E-state index is 11.7. The van der Waals surface area contributed by atoms with Gasteiger partial charge in [-0.25, -0.2) is 0 Å². The van der Waals surface area contributed by atoms with Crippen LogP contribution < -0.4 is 0 Å². The van der Waals surface area contributed by atoms with E-state index in [1.807, 2.05) is 0 Å². The molecule has 78 heavy (non-hydrogen) atoms. The van der Waals surface area contributed by atoms with E-state index in [1.165, 1.54) is 0 Å². The third-order valence-corrected chi connectivity index (χ3v) is 14.5. The first-order valence-corrected chi connectivity index (χ1v) is 24.7. The van der Waals surface area contributed by atoms with Crippen LogP contribution in [-0.2, 0) is 61.6 Å². The molecule has 35 unspecified atom stereocenters. The van der Waals surface area contributed by atoms with Crippen LogP contribution in [0.4, 0.5) is 0 Å². The summed E-state index contributed by atoms with van der Waals surface area (Å²) in [4.78, 5) is 0. The molecule has 7 rings (SSSR count). The molecule has 456 valence electrons. The van der Waals surface area contributed by atoms with Crippen molar-refractivity contribution in [1.82, 2.24) is 0 Å². The van der Waals surface area contributed by atoms with Crippen LogP contribution in [0.25, 0.3) is 0 Å². The van der Waals surface area contributed by atoms with Gasteiger partial charge < -0.3 is 179 Å². The maximum Gasteiger partial charge on any atom is 0.187 e. The van der Waals surface area contributed by atoms with Crippen LogP contribution in [0, 0.1) is 0 Å². The standard InChI is InChI=1S/C42H72O36/c43-1-8-15(49)17(51)25(59)38(68-8)75-32-11(4-46)70-37(27(61)20(32)54)66-7-14-35(78-41-29(63)22(56)33(12(5-47)72-41)76-39-26(60)18(52)16(50)9(2-44)69-39)23(57)30(64)42(73-14)77-34-13(6-48)71-40(28(62)21(34)55)74-31-10(3-45)67-36(65)24(58)19(31)53/h8-65H,1-7H2. The van der Waals surface area contributed by atoms with Crippen molar-refractivity contribution >= 4 is 0 Å². The Bertz CT molecular complexity index is 1810. The maximum absolute atomic E-state index is 11.7. The molecule has 0 aromatic carbocycles. The van der Waals surface area contributed by atoms with Crippen LogP contribution in [0.3, 0.4) is 0 Å². The van der Waals surface area contributed by atoms with Crippen molar-refractivity contribution < 1.29 is 179 Å². The molecule has 0 spiro atoms. The molecule has 7 saturated heterocycles. The molecule has 0 aromatic rings. The van der Waals surface area contributed by atoms with E-state index in [4.69, 9.17) is 61.6 Å². The molecular formula is C42H72O36. The second kappa shape index (κ2) is 27.5. The van der Waals surface area contributed by atoms with Gasteiger partial charge in [0.25, 0.3) is 0 Å². The average molecular weight is 1150 g/mol. The minimum atomic E-state index is -2.34. The Morgan fingerprint density at radius 2 is 0.449 bits per heavy atom. The monoisotopic (exact) mass is 1150 g/mol. The van der Waals surface area contributed by atoms with Crippen molar-refractivity contribution in [3.05, 3.63) is 0 Å². The summed E-state index contributed by atoms with van der Waals surface area (Å²) in [5, 5.41) is 244. The Morgan fingerprint density at radius 1 is 0.218 bits per heavy atom. The fraction of sp³-hybridized carbons (Fsp3) is 1.00. The van der Waals surface area contributed by atoms with Crippen molar-refractivity contribution in [2.24, 2.45) is 0 Å². The van der Waals surface area contributed by atoms with Crippen LogP contribution in [0.1, 0.15) is 0 Å². The highest BCUT2D eigenvalue weighted by Gasteiger charge is 2.58. The van der Waals surface area contributed by atoms with E-state index in [1.54, 1.807) is 0 Å². The number of aliphatic hydroxyl groups is 23. The second-order valence-electron chi connectivity index (χ2n) is 19.6. The van der Waals surface area contributed by atoms with E-state index < -0.39 is 261 Å². The second-order valence-corrected chi connectivity index (χ2v) is 19.6. The molecule has 23 N–H and O–H groups in total. The summed E-state index contributed by atoms with van der Waals surface area (Å²) in [6, 6.07) is 0. The van der Waals surface area contributed by atoms with Gasteiger partial charge in [-0.1, -0.05) is 0 Å². The van der Waals surface area contributed by atoms with Crippen molar-refractivity contribution in [2.75, 3.05) is 46.2 Å². The lowest BCUT2D eigenvalue weighted by molar-refractivity contribution is -0.397. The molecule has 36 heteroatoms. The number of hydrogen-bond acceptors (Lipinski definition) is 36. The van der Waals surface area contributed by atoms with Gasteiger partial charge in [0.1, 0.15) is 171 Å². The quantitative estimate of drug-likeness (QED) is 0.0571. The summed E-state index contributed by atoms with van der Waals surface area (Å²) in [7, 11) is 0. The minimum absolute atomic E-state index is 0.875. The zero-order valence-electron chi connectivity index (χ0n) is 40.8. The number of rotatable bonds is 19. The van der Waals surface area contributed by atoms with Gasteiger partial charge in [-0.3, -0.25) is 0 Å².